The molecule has 3 N–H and O–H groups in total. The Morgan fingerprint density at radius 1 is 1.55 bits per heavy atom. The molecule has 7 heteroatoms. The van der Waals surface area contributed by atoms with E-state index in [0.717, 1.165) is 12.1 Å². The topological polar surface area (TPSA) is 104 Å². The van der Waals surface area contributed by atoms with Crippen LogP contribution in [0.1, 0.15) is 45.2 Å². The third-order valence-corrected chi connectivity index (χ3v) is 4.00. The van der Waals surface area contributed by atoms with Gasteiger partial charge < -0.3 is 14.9 Å². The first kappa shape index (κ1) is 16.5. The highest BCUT2D eigenvalue weighted by molar-refractivity contribution is 5.75. The van der Waals surface area contributed by atoms with E-state index in [1.54, 1.807) is 6.07 Å². The van der Waals surface area contributed by atoms with Crippen LogP contribution < -0.4 is 10.6 Å². The number of nitrogens with one attached hydrogen (secondary N) is 2. The van der Waals surface area contributed by atoms with E-state index in [4.69, 9.17) is 4.52 Å². The van der Waals surface area contributed by atoms with Crippen LogP contribution in [0.25, 0.3) is 0 Å². The molecule has 122 valence electrons. The van der Waals surface area contributed by atoms with Crippen molar-refractivity contribution in [3.63, 3.8) is 0 Å². The number of rotatable bonds is 6. The summed E-state index contributed by atoms with van der Waals surface area (Å²) in [5, 5.41) is 19.4. The van der Waals surface area contributed by atoms with Gasteiger partial charge in [-0.3, -0.25) is 14.9 Å². The van der Waals surface area contributed by atoms with Crippen LogP contribution in [0.4, 0.5) is 0 Å². The fraction of sp³-hybridized carbons (Fsp3) is 0.667. The lowest BCUT2D eigenvalue weighted by molar-refractivity contribution is -0.139. The molecule has 0 aromatic carbocycles. The molecule has 0 saturated carbocycles. The molecule has 0 spiro atoms. The summed E-state index contributed by atoms with van der Waals surface area (Å²) in [5.74, 6) is -0.733. The van der Waals surface area contributed by atoms with E-state index in [1.165, 1.54) is 13.2 Å². The van der Waals surface area contributed by atoms with Crippen LogP contribution >= 0.6 is 0 Å². The van der Waals surface area contributed by atoms with Crippen LogP contribution in [-0.4, -0.2) is 40.3 Å². The predicted molar refractivity (Wildman–Crippen MR) is 79.3 cm³/mol. The molecule has 0 aliphatic carbocycles. The maximum atomic E-state index is 11.5. The zero-order valence-corrected chi connectivity index (χ0v) is 13.1. The average Bonchev–Trinajstić information content (AvgIpc) is 3.06. The van der Waals surface area contributed by atoms with Crippen LogP contribution in [0.3, 0.4) is 0 Å². The number of carbonyl (C=O) groups is 2. The van der Waals surface area contributed by atoms with E-state index < -0.39 is 12.0 Å². The highest BCUT2D eigenvalue weighted by Gasteiger charge is 2.43. The van der Waals surface area contributed by atoms with Crippen molar-refractivity contribution in [2.45, 2.75) is 57.7 Å². The standard InChI is InChI=1S/C15H23N3O4/c1-8(2)6-12(16-9(3)19)14-10(11-4-5-22-18-11)7-13(17-14)15(20)21/h4-5,8,10,12-14,17H,6-7H2,1-3H3,(H,16,19)(H,20,21). The second-order valence-corrected chi connectivity index (χ2v) is 6.29. The Morgan fingerprint density at radius 2 is 2.27 bits per heavy atom. The summed E-state index contributed by atoms with van der Waals surface area (Å²) in [7, 11) is 0. The lowest BCUT2D eigenvalue weighted by Gasteiger charge is -2.29. The lowest BCUT2D eigenvalue weighted by Crippen LogP contribution is -2.51. The number of hydrogen-bond donors (Lipinski definition) is 3. The minimum absolute atomic E-state index is 0.101. The van der Waals surface area contributed by atoms with Gasteiger partial charge in [-0.25, -0.2) is 0 Å². The average molecular weight is 309 g/mol. The van der Waals surface area contributed by atoms with Crippen molar-refractivity contribution in [3.8, 4) is 0 Å². The Labute approximate surface area is 129 Å². The smallest absolute Gasteiger partial charge is 0.320 e. The fourth-order valence-corrected chi connectivity index (χ4v) is 3.17. The van der Waals surface area contributed by atoms with Crippen LogP contribution in [0, 0.1) is 5.92 Å². The number of aromatic nitrogens is 1. The maximum Gasteiger partial charge on any atom is 0.320 e. The van der Waals surface area contributed by atoms with Gasteiger partial charge in [-0.15, -0.1) is 0 Å². The zero-order valence-electron chi connectivity index (χ0n) is 13.1. The largest absolute Gasteiger partial charge is 0.480 e. The van der Waals surface area contributed by atoms with E-state index in [1.807, 2.05) is 0 Å². The first-order valence-corrected chi connectivity index (χ1v) is 7.54. The Balaban J connectivity index is 2.25. The van der Waals surface area contributed by atoms with Gasteiger partial charge in [0.1, 0.15) is 12.3 Å². The van der Waals surface area contributed by atoms with Gasteiger partial charge in [-0.05, 0) is 18.8 Å². The molecule has 1 fully saturated rings. The summed E-state index contributed by atoms with van der Waals surface area (Å²) in [6, 6.07) is 0.778. The maximum absolute atomic E-state index is 11.5. The number of carboxylic acids is 1. The highest BCUT2D eigenvalue weighted by atomic mass is 16.5. The molecule has 1 aromatic rings. The van der Waals surface area contributed by atoms with Crippen molar-refractivity contribution in [3.05, 3.63) is 18.0 Å². The van der Waals surface area contributed by atoms with Gasteiger partial charge in [-0.2, -0.15) is 0 Å². The normalized spacial score (nSPS) is 26.1. The molecular weight excluding hydrogens is 286 g/mol. The SMILES string of the molecule is CC(=O)NC(CC(C)C)C1NC(C(=O)O)CC1c1ccon1. The van der Waals surface area contributed by atoms with Gasteiger partial charge in [0.15, 0.2) is 0 Å². The number of carbonyl (C=O) groups excluding carboxylic acids is 1. The third-order valence-electron chi connectivity index (χ3n) is 4.00. The van der Waals surface area contributed by atoms with Gasteiger partial charge in [0.05, 0.1) is 5.69 Å². The second kappa shape index (κ2) is 6.91. The van der Waals surface area contributed by atoms with Crippen LogP contribution in [-0.2, 0) is 9.59 Å². The minimum atomic E-state index is -0.887. The van der Waals surface area contributed by atoms with E-state index in [9.17, 15) is 14.7 Å². The Bertz CT molecular complexity index is 515. The molecule has 0 bridgehead atoms. The summed E-state index contributed by atoms with van der Waals surface area (Å²) >= 11 is 0. The molecule has 1 amide bonds. The van der Waals surface area contributed by atoms with E-state index >= 15 is 0 Å². The van der Waals surface area contributed by atoms with Crippen molar-refractivity contribution in [1.29, 1.82) is 0 Å². The summed E-state index contributed by atoms with van der Waals surface area (Å²) in [6.07, 6.45) is 2.68. The van der Waals surface area contributed by atoms with Crippen molar-refractivity contribution in [2.75, 3.05) is 0 Å². The van der Waals surface area contributed by atoms with Crippen molar-refractivity contribution >= 4 is 11.9 Å². The molecule has 0 radical (unpaired) electrons. The highest BCUT2D eigenvalue weighted by Crippen LogP contribution is 2.33. The molecule has 2 heterocycles. The predicted octanol–water partition coefficient (Wildman–Crippen LogP) is 1.12. The third kappa shape index (κ3) is 3.85. The van der Waals surface area contributed by atoms with E-state index in [-0.39, 0.29) is 23.9 Å². The van der Waals surface area contributed by atoms with E-state index in [2.05, 4.69) is 29.6 Å². The number of nitrogens with zero attached hydrogens (tertiary/aromatic N) is 1. The van der Waals surface area contributed by atoms with E-state index in [0.29, 0.717) is 12.3 Å². The molecule has 4 unspecified atom stereocenters. The summed E-state index contributed by atoms with van der Waals surface area (Å²) in [6.45, 7) is 5.62. The van der Waals surface area contributed by atoms with Crippen molar-refractivity contribution < 1.29 is 19.2 Å². The Morgan fingerprint density at radius 3 is 2.77 bits per heavy atom. The quantitative estimate of drug-likeness (QED) is 0.727. The van der Waals surface area contributed by atoms with Gasteiger partial charge in [0, 0.05) is 31.0 Å². The van der Waals surface area contributed by atoms with Crippen LogP contribution in [0.5, 0.6) is 0 Å². The monoisotopic (exact) mass is 309 g/mol. The molecule has 4 atom stereocenters. The van der Waals surface area contributed by atoms with Gasteiger partial charge in [-0.1, -0.05) is 19.0 Å². The molecular formula is C15H23N3O4. The Hall–Kier alpha value is -1.89. The molecule has 2 rings (SSSR count). The summed E-state index contributed by atoms with van der Waals surface area (Å²) in [4.78, 5) is 22.8. The summed E-state index contributed by atoms with van der Waals surface area (Å²) in [5.41, 5.74) is 0.723. The fourth-order valence-electron chi connectivity index (χ4n) is 3.17. The van der Waals surface area contributed by atoms with Crippen molar-refractivity contribution in [2.24, 2.45) is 5.92 Å². The molecule has 1 aliphatic heterocycles. The molecule has 1 aliphatic rings. The Kier molecular flexibility index (Phi) is 5.18. The molecule has 7 nitrogen and oxygen atoms in total. The van der Waals surface area contributed by atoms with Gasteiger partial charge >= 0.3 is 5.97 Å². The number of aliphatic carboxylic acids is 1. The second-order valence-electron chi connectivity index (χ2n) is 6.29. The summed E-state index contributed by atoms with van der Waals surface area (Å²) < 4.78 is 4.90. The molecule has 1 saturated heterocycles. The first-order chi connectivity index (χ1) is 10.4. The zero-order chi connectivity index (χ0) is 16.3. The minimum Gasteiger partial charge on any atom is -0.480 e. The number of hydrogen-bond acceptors (Lipinski definition) is 5. The molecule has 22 heavy (non-hydrogen) atoms. The van der Waals surface area contributed by atoms with Crippen LogP contribution in [0.2, 0.25) is 0 Å². The van der Waals surface area contributed by atoms with Crippen molar-refractivity contribution in [1.82, 2.24) is 15.8 Å². The molecule has 1 aromatic heterocycles. The number of carboxylic acid groups (broad SMARTS) is 1. The van der Waals surface area contributed by atoms with Crippen LogP contribution in [0.15, 0.2) is 16.9 Å². The van der Waals surface area contributed by atoms with Gasteiger partial charge in [0.25, 0.3) is 0 Å². The van der Waals surface area contributed by atoms with Gasteiger partial charge in [0.2, 0.25) is 5.91 Å². The number of amides is 1. The first-order valence-electron chi connectivity index (χ1n) is 7.54. The lowest BCUT2D eigenvalue weighted by atomic mass is 9.87.